The fraction of sp³-hybridized carbons (Fsp3) is 0.577. The minimum atomic E-state index is -1.64. The van der Waals surface area contributed by atoms with E-state index in [1.54, 1.807) is 26.8 Å². The van der Waals surface area contributed by atoms with Crippen LogP contribution < -0.4 is 10.1 Å². The van der Waals surface area contributed by atoms with Crippen molar-refractivity contribution in [3.05, 3.63) is 29.3 Å². The highest BCUT2D eigenvalue weighted by Gasteiger charge is 2.56. The van der Waals surface area contributed by atoms with Gasteiger partial charge in [-0.3, -0.25) is 14.4 Å². The van der Waals surface area contributed by atoms with E-state index in [1.807, 2.05) is 0 Å². The molecule has 1 amide bonds. The maximum atomic E-state index is 12.6. The van der Waals surface area contributed by atoms with Gasteiger partial charge in [0.1, 0.15) is 11.4 Å². The number of esters is 4. The Morgan fingerprint density at radius 1 is 0.925 bits per heavy atom. The molecule has 2 rings (SSSR count). The zero-order valence-electron chi connectivity index (χ0n) is 23.4. The van der Waals surface area contributed by atoms with Crippen LogP contribution in [0.1, 0.15) is 52.7 Å². The number of amides is 1. The molecule has 14 nitrogen and oxygen atoms in total. The molecule has 1 heterocycles. The van der Waals surface area contributed by atoms with Crippen LogP contribution in [0.4, 0.5) is 4.79 Å². The van der Waals surface area contributed by atoms with Gasteiger partial charge in [0.15, 0.2) is 18.3 Å². The monoisotopic (exact) mass is 569 g/mol. The Bertz CT molecular complexity index is 1100. The molecular weight excluding hydrogens is 534 g/mol. The Kier molecular flexibility index (Phi) is 11.3. The third kappa shape index (κ3) is 9.38. The Morgan fingerprint density at radius 3 is 2.02 bits per heavy atom. The molecule has 1 unspecified atom stereocenters. The fourth-order valence-corrected chi connectivity index (χ4v) is 3.77. The van der Waals surface area contributed by atoms with E-state index in [9.17, 15) is 29.1 Å². The summed E-state index contributed by atoms with van der Waals surface area (Å²) in [4.78, 5) is 60.7. The lowest BCUT2D eigenvalue weighted by molar-refractivity contribution is -0.282. The first-order chi connectivity index (χ1) is 18.6. The third-order valence-corrected chi connectivity index (χ3v) is 5.21. The Hall–Kier alpha value is -3.91. The number of benzene rings is 1. The molecule has 1 aromatic rings. The van der Waals surface area contributed by atoms with E-state index in [4.69, 9.17) is 33.2 Å². The van der Waals surface area contributed by atoms with E-state index >= 15 is 0 Å². The summed E-state index contributed by atoms with van der Waals surface area (Å²) in [6.07, 6.45) is -8.56. The normalized spacial score (nSPS) is 22.4. The Balaban J connectivity index is 2.51. The Morgan fingerprint density at radius 2 is 1.50 bits per heavy atom. The van der Waals surface area contributed by atoms with E-state index in [2.05, 4.69) is 5.32 Å². The summed E-state index contributed by atoms with van der Waals surface area (Å²) in [5.74, 6) is -3.39. The summed E-state index contributed by atoms with van der Waals surface area (Å²) in [5, 5.41) is 12.2. The molecular formula is C26H35NO13. The van der Waals surface area contributed by atoms with E-state index < -0.39 is 66.3 Å². The SMILES string of the molecule is COC(=O)[C@H]1OC(Oc2ccc(CO)cc2CNC(=O)OC(C)(C)C)[C@H](OC(C)=O)[C@@H](OC(C)=O)[C@@H]1OC(C)=O. The average Bonchev–Trinajstić information content (AvgIpc) is 2.84. The van der Waals surface area contributed by atoms with Crippen molar-refractivity contribution in [3.63, 3.8) is 0 Å². The zero-order chi connectivity index (χ0) is 30.2. The molecule has 1 aromatic carbocycles. The number of aliphatic hydroxyl groups excluding tert-OH is 1. The van der Waals surface area contributed by atoms with Gasteiger partial charge in [0, 0.05) is 32.9 Å². The van der Waals surface area contributed by atoms with Gasteiger partial charge in [0.25, 0.3) is 0 Å². The van der Waals surface area contributed by atoms with Gasteiger partial charge in [-0.05, 0) is 38.5 Å². The molecule has 2 N–H and O–H groups in total. The van der Waals surface area contributed by atoms with Gasteiger partial charge < -0.3 is 43.6 Å². The number of hydrogen-bond donors (Lipinski definition) is 2. The number of ether oxygens (including phenoxy) is 7. The molecule has 1 saturated heterocycles. The largest absolute Gasteiger partial charge is 0.467 e. The fourth-order valence-electron chi connectivity index (χ4n) is 3.77. The van der Waals surface area contributed by atoms with E-state index in [1.165, 1.54) is 12.1 Å². The summed E-state index contributed by atoms with van der Waals surface area (Å²) < 4.78 is 37.7. The molecule has 1 fully saturated rings. The summed E-state index contributed by atoms with van der Waals surface area (Å²) >= 11 is 0. The Labute approximate surface area is 231 Å². The van der Waals surface area contributed by atoms with E-state index in [0.717, 1.165) is 27.9 Å². The molecule has 0 spiro atoms. The van der Waals surface area contributed by atoms with Crippen molar-refractivity contribution in [1.82, 2.24) is 5.32 Å². The van der Waals surface area contributed by atoms with Crippen LogP contribution in [0.5, 0.6) is 5.75 Å². The van der Waals surface area contributed by atoms with Gasteiger partial charge in [-0.1, -0.05) is 6.07 Å². The van der Waals surface area contributed by atoms with Crippen molar-refractivity contribution in [1.29, 1.82) is 0 Å². The standard InChI is InChI=1S/C26H35NO13/c1-13(29)35-19-20(36-14(2)30)22(37-15(3)31)24(39-21(19)23(32)34-7)38-18-9-8-16(12-28)10-17(18)11-27-25(33)40-26(4,5)6/h8-10,19-22,24,28H,11-12H2,1-7H3,(H,27,33)/t19-,20-,21-,22+,24?/m0/s1. The van der Waals surface area contributed by atoms with Crippen LogP contribution in [0.2, 0.25) is 0 Å². The molecule has 14 heteroatoms. The number of aliphatic hydroxyl groups is 1. The first-order valence-corrected chi connectivity index (χ1v) is 12.3. The summed E-state index contributed by atoms with van der Waals surface area (Å²) in [5.41, 5.74) is 0.0781. The molecule has 1 aliphatic heterocycles. The molecule has 0 aliphatic carbocycles. The first kappa shape index (κ1) is 32.3. The second-order valence-electron chi connectivity index (χ2n) is 9.74. The maximum Gasteiger partial charge on any atom is 0.407 e. The third-order valence-electron chi connectivity index (χ3n) is 5.21. The lowest BCUT2D eigenvalue weighted by Crippen LogP contribution is -2.64. The average molecular weight is 570 g/mol. The van der Waals surface area contributed by atoms with Gasteiger partial charge >= 0.3 is 30.0 Å². The number of carbonyl (C=O) groups is 5. The highest BCUT2D eigenvalue weighted by Crippen LogP contribution is 2.32. The van der Waals surface area contributed by atoms with Crippen molar-refractivity contribution < 1.29 is 62.2 Å². The molecule has 0 aromatic heterocycles. The second-order valence-corrected chi connectivity index (χ2v) is 9.74. The summed E-state index contributed by atoms with van der Waals surface area (Å²) in [6, 6.07) is 4.52. The molecule has 0 saturated carbocycles. The number of methoxy groups -OCH3 is 1. The smallest absolute Gasteiger partial charge is 0.407 e. The van der Waals surface area contributed by atoms with Crippen LogP contribution in [0.15, 0.2) is 18.2 Å². The second kappa shape index (κ2) is 13.9. The van der Waals surface area contributed by atoms with Crippen molar-refractivity contribution in [2.75, 3.05) is 7.11 Å². The zero-order valence-corrected chi connectivity index (χ0v) is 23.4. The summed E-state index contributed by atoms with van der Waals surface area (Å²) in [6.45, 7) is 7.88. The minimum absolute atomic E-state index is 0.0894. The number of rotatable bonds is 9. The van der Waals surface area contributed by atoms with E-state index in [-0.39, 0.29) is 18.9 Å². The number of hydrogen-bond acceptors (Lipinski definition) is 13. The molecule has 40 heavy (non-hydrogen) atoms. The predicted molar refractivity (Wildman–Crippen MR) is 133 cm³/mol. The predicted octanol–water partition coefficient (Wildman–Crippen LogP) is 1.28. The number of alkyl carbamates (subject to hydrolysis) is 1. The molecule has 1 aliphatic rings. The van der Waals surface area contributed by atoms with Gasteiger partial charge in [-0.15, -0.1) is 0 Å². The van der Waals surface area contributed by atoms with Crippen molar-refractivity contribution >= 4 is 30.0 Å². The van der Waals surface area contributed by atoms with Crippen LogP contribution in [0.3, 0.4) is 0 Å². The maximum absolute atomic E-state index is 12.6. The topological polar surface area (TPSA) is 182 Å². The highest BCUT2D eigenvalue weighted by molar-refractivity contribution is 5.77. The lowest BCUT2D eigenvalue weighted by Gasteiger charge is -2.43. The van der Waals surface area contributed by atoms with Gasteiger partial charge in [-0.25, -0.2) is 9.59 Å². The molecule has 0 bridgehead atoms. The van der Waals surface area contributed by atoms with Gasteiger partial charge in [0.2, 0.25) is 12.4 Å². The quantitative estimate of drug-likeness (QED) is 0.321. The minimum Gasteiger partial charge on any atom is -0.467 e. The number of nitrogens with one attached hydrogen (secondary N) is 1. The molecule has 0 radical (unpaired) electrons. The number of carbonyl (C=O) groups excluding carboxylic acids is 5. The first-order valence-electron chi connectivity index (χ1n) is 12.3. The lowest BCUT2D eigenvalue weighted by atomic mass is 9.97. The van der Waals surface area contributed by atoms with Crippen molar-refractivity contribution in [2.24, 2.45) is 0 Å². The van der Waals surface area contributed by atoms with Crippen LogP contribution in [0.25, 0.3) is 0 Å². The van der Waals surface area contributed by atoms with Crippen LogP contribution in [-0.2, 0) is 60.8 Å². The van der Waals surface area contributed by atoms with Crippen molar-refractivity contribution in [2.45, 2.75) is 91.0 Å². The van der Waals surface area contributed by atoms with Crippen LogP contribution in [-0.4, -0.2) is 78.5 Å². The van der Waals surface area contributed by atoms with Crippen LogP contribution in [0, 0.1) is 0 Å². The molecule has 5 atom stereocenters. The van der Waals surface area contributed by atoms with Gasteiger partial charge in [0.05, 0.1) is 13.7 Å². The van der Waals surface area contributed by atoms with Gasteiger partial charge in [-0.2, -0.15) is 0 Å². The van der Waals surface area contributed by atoms with Crippen molar-refractivity contribution in [3.8, 4) is 5.75 Å². The molecule has 222 valence electrons. The van der Waals surface area contributed by atoms with Crippen LogP contribution >= 0.6 is 0 Å². The van der Waals surface area contributed by atoms with E-state index in [0.29, 0.717) is 11.1 Å². The highest BCUT2D eigenvalue weighted by atomic mass is 16.7. The summed E-state index contributed by atoms with van der Waals surface area (Å²) in [7, 11) is 1.07.